The standard InChI is InChI=1S/C18H26N2O5/c1-18(2,3)25-17(22)20-11-9-19(10-12-20)14-5-7-15(8-6-14)24-13-16(21)23-4/h5-8H,9-13H2,1-4H3. The topological polar surface area (TPSA) is 68.3 Å². The average molecular weight is 350 g/mol. The zero-order chi connectivity index (χ0) is 18.4. The number of esters is 1. The largest absolute Gasteiger partial charge is 0.482 e. The van der Waals surface area contributed by atoms with Crippen LogP contribution in [0.25, 0.3) is 0 Å². The number of hydrogen-bond donors (Lipinski definition) is 0. The Morgan fingerprint density at radius 2 is 1.64 bits per heavy atom. The van der Waals surface area contributed by atoms with Crippen molar-refractivity contribution in [2.24, 2.45) is 0 Å². The number of ether oxygens (including phenoxy) is 3. The highest BCUT2D eigenvalue weighted by molar-refractivity contribution is 5.71. The van der Waals surface area contributed by atoms with Gasteiger partial charge in [-0.1, -0.05) is 0 Å². The number of amides is 1. The smallest absolute Gasteiger partial charge is 0.410 e. The van der Waals surface area contributed by atoms with Crippen LogP contribution in [0.4, 0.5) is 10.5 Å². The Balaban J connectivity index is 1.84. The van der Waals surface area contributed by atoms with Crippen molar-refractivity contribution < 1.29 is 23.8 Å². The first-order valence-electron chi connectivity index (χ1n) is 8.31. The van der Waals surface area contributed by atoms with Crippen LogP contribution < -0.4 is 9.64 Å². The van der Waals surface area contributed by atoms with Gasteiger partial charge in [0.15, 0.2) is 6.61 Å². The van der Waals surface area contributed by atoms with Crippen LogP contribution in [-0.2, 0) is 14.3 Å². The quantitative estimate of drug-likeness (QED) is 0.776. The van der Waals surface area contributed by atoms with Crippen LogP contribution in [-0.4, -0.2) is 62.5 Å². The van der Waals surface area contributed by atoms with Crippen molar-refractivity contribution in [1.82, 2.24) is 4.90 Å². The highest BCUT2D eigenvalue weighted by atomic mass is 16.6. The van der Waals surface area contributed by atoms with E-state index in [0.717, 1.165) is 18.8 Å². The van der Waals surface area contributed by atoms with E-state index in [9.17, 15) is 9.59 Å². The zero-order valence-electron chi connectivity index (χ0n) is 15.3. The van der Waals surface area contributed by atoms with Gasteiger partial charge >= 0.3 is 12.1 Å². The summed E-state index contributed by atoms with van der Waals surface area (Å²) in [5, 5.41) is 0. The van der Waals surface area contributed by atoms with E-state index in [1.54, 1.807) is 4.90 Å². The fourth-order valence-electron chi connectivity index (χ4n) is 2.43. The van der Waals surface area contributed by atoms with E-state index in [2.05, 4.69) is 9.64 Å². The van der Waals surface area contributed by atoms with E-state index in [1.807, 2.05) is 45.0 Å². The number of benzene rings is 1. The second-order valence-electron chi connectivity index (χ2n) is 6.81. The maximum absolute atomic E-state index is 12.1. The molecule has 0 aromatic heterocycles. The van der Waals surface area contributed by atoms with Crippen LogP contribution >= 0.6 is 0 Å². The number of nitrogens with zero attached hydrogens (tertiary/aromatic N) is 2. The number of anilines is 1. The highest BCUT2D eigenvalue weighted by Gasteiger charge is 2.25. The molecule has 1 heterocycles. The van der Waals surface area contributed by atoms with Crippen LogP contribution in [0.1, 0.15) is 20.8 Å². The van der Waals surface area contributed by atoms with Crippen LogP contribution in [0.3, 0.4) is 0 Å². The number of piperazine rings is 1. The van der Waals surface area contributed by atoms with Gasteiger partial charge in [0.2, 0.25) is 0 Å². The second-order valence-corrected chi connectivity index (χ2v) is 6.81. The molecule has 2 rings (SSSR count). The Morgan fingerprint density at radius 3 is 2.16 bits per heavy atom. The normalized spacial score (nSPS) is 14.9. The molecule has 0 saturated carbocycles. The minimum atomic E-state index is -0.478. The van der Waals surface area contributed by atoms with Crippen LogP contribution in [0.15, 0.2) is 24.3 Å². The predicted octanol–water partition coefficient (Wildman–Crippen LogP) is 2.30. The number of rotatable bonds is 4. The number of carbonyl (C=O) groups is 2. The van der Waals surface area contributed by atoms with Crippen LogP contribution in [0.2, 0.25) is 0 Å². The number of methoxy groups -OCH3 is 1. The van der Waals surface area contributed by atoms with Crippen molar-refractivity contribution in [3.8, 4) is 5.75 Å². The molecule has 0 atom stereocenters. The first-order chi connectivity index (χ1) is 11.8. The summed E-state index contributed by atoms with van der Waals surface area (Å²) in [6.07, 6.45) is -0.265. The lowest BCUT2D eigenvalue weighted by Gasteiger charge is -2.36. The maximum Gasteiger partial charge on any atom is 0.410 e. The monoisotopic (exact) mass is 350 g/mol. The molecule has 0 unspecified atom stereocenters. The van der Waals surface area contributed by atoms with Crippen molar-refractivity contribution in [2.45, 2.75) is 26.4 Å². The summed E-state index contributed by atoms with van der Waals surface area (Å²) >= 11 is 0. The van der Waals surface area contributed by atoms with E-state index >= 15 is 0 Å². The van der Waals surface area contributed by atoms with Gasteiger partial charge in [-0.2, -0.15) is 0 Å². The lowest BCUT2D eigenvalue weighted by Crippen LogP contribution is -2.50. The molecule has 0 radical (unpaired) electrons. The average Bonchev–Trinajstić information content (AvgIpc) is 2.59. The van der Waals surface area contributed by atoms with Crippen molar-refractivity contribution >= 4 is 17.7 Å². The summed E-state index contributed by atoms with van der Waals surface area (Å²) in [6, 6.07) is 7.52. The molecule has 1 aromatic carbocycles. The summed E-state index contributed by atoms with van der Waals surface area (Å²) in [5.74, 6) is 0.198. The molecule has 1 aliphatic rings. The minimum Gasteiger partial charge on any atom is -0.482 e. The van der Waals surface area contributed by atoms with Gasteiger partial charge in [0.25, 0.3) is 0 Å². The highest BCUT2D eigenvalue weighted by Crippen LogP contribution is 2.21. The fourth-order valence-corrected chi connectivity index (χ4v) is 2.43. The number of carbonyl (C=O) groups excluding carboxylic acids is 2. The molecular formula is C18H26N2O5. The van der Waals surface area contributed by atoms with E-state index in [-0.39, 0.29) is 12.7 Å². The molecule has 1 saturated heterocycles. The summed E-state index contributed by atoms with van der Waals surface area (Å²) in [4.78, 5) is 27.1. The van der Waals surface area contributed by atoms with Crippen LogP contribution in [0, 0.1) is 0 Å². The van der Waals surface area contributed by atoms with Crippen molar-refractivity contribution in [2.75, 3.05) is 44.8 Å². The molecule has 1 fully saturated rings. The van der Waals surface area contributed by atoms with Crippen molar-refractivity contribution in [3.05, 3.63) is 24.3 Å². The van der Waals surface area contributed by atoms with Crippen molar-refractivity contribution in [3.63, 3.8) is 0 Å². The van der Waals surface area contributed by atoms with Gasteiger partial charge in [-0.15, -0.1) is 0 Å². The van der Waals surface area contributed by atoms with Crippen molar-refractivity contribution in [1.29, 1.82) is 0 Å². The summed E-state index contributed by atoms with van der Waals surface area (Å²) in [7, 11) is 1.33. The molecule has 1 amide bonds. The number of hydrogen-bond acceptors (Lipinski definition) is 6. The second kappa shape index (κ2) is 8.09. The molecule has 0 spiro atoms. The summed E-state index contributed by atoms with van der Waals surface area (Å²) < 4.78 is 15.3. The molecule has 25 heavy (non-hydrogen) atoms. The van der Waals surface area contributed by atoms with Gasteiger partial charge in [-0.25, -0.2) is 9.59 Å². The SMILES string of the molecule is COC(=O)COc1ccc(N2CCN(C(=O)OC(C)(C)C)CC2)cc1. The van der Waals surface area contributed by atoms with Gasteiger partial charge in [-0.05, 0) is 45.0 Å². The molecule has 0 aliphatic carbocycles. The van der Waals surface area contributed by atoms with E-state index in [4.69, 9.17) is 9.47 Å². The Bertz CT molecular complexity index is 586. The van der Waals surface area contributed by atoms with Gasteiger partial charge in [0.05, 0.1) is 7.11 Å². The van der Waals surface area contributed by atoms with Gasteiger partial charge in [-0.3, -0.25) is 0 Å². The third-order valence-electron chi connectivity index (χ3n) is 3.72. The van der Waals surface area contributed by atoms with E-state index < -0.39 is 11.6 Å². The first kappa shape index (κ1) is 18.9. The molecule has 7 nitrogen and oxygen atoms in total. The Hall–Kier alpha value is -2.44. The summed E-state index contributed by atoms with van der Waals surface area (Å²) in [5.41, 5.74) is 0.572. The van der Waals surface area contributed by atoms with E-state index in [1.165, 1.54) is 7.11 Å². The predicted molar refractivity (Wildman–Crippen MR) is 94.0 cm³/mol. The van der Waals surface area contributed by atoms with E-state index in [0.29, 0.717) is 18.8 Å². The molecule has 138 valence electrons. The summed E-state index contributed by atoms with van der Waals surface area (Å²) in [6.45, 7) is 8.21. The third kappa shape index (κ3) is 5.85. The molecule has 0 N–H and O–H groups in total. The first-order valence-corrected chi connectivity index (χ1v) is 8.31. The zero-order valence-corrected chi connectivity index (χ0v) is 15.3. The molecular weight excluding hydrogens is 324 g/mol. The Labute approximate surface area is 148 Å². The minimum absolute atomic E-state index is 0.107. The van der Waals surface area contributed by atoms with Crippen LogP contribution in [0.5, 0.6) is 5.75 Å². The molecule has 0 bridgehead atoms. The molecule has 1 aliphatic heterocycles. The van der Waals surface area contributed by atoms with Gasteiger partial charge in [0, 0.05) is 31.9 Å². The molecule has 1 aromatic rings. The Kier molecular flexibility index (Phi) is 6.12. The molecule has 7 heteroatoms. The Morgan fingerprint density at radius 1 is 1.04 bits per heavy atom. The fraction of sp³-hybridized carbons (Fsp3) is 0.556. The maximum atomic E-state index is 12.1. The lowest BCUT2D eigenvalue weighted by atomic mass is 10.2. The third-order valence-corrected chi connectivity index (χ3v) is 3.72. The van der Waals surface area contributed by atoms with Gasteiger partial charge in [0.1, 0.15) is 11.4 Å². The lowest BCUT2D eigenvalue weighted by molar-refractivity contribution is -0.142. The van der Waals surface area contributed by atoms with Gasteiger partial charge < -0.3 is 24.0 Å².